The summed E-state index contributed by atoms with van der Waals surface area (Å²) in [5, 5.41) is 3.30. The average Bonchev–Trinajstić information content (AvgIpc) is 2.52. The highest BCUT2D eigenvalue weighted by atomic mass is 16.5. The third kappa shape index (κ3) is 3.41. The van der Waals surface area contributed by atoms with Gasteiger partial charge in [-0.25, -0.2) is 4.98 Å². The van der Waals surface area contributed by atoms with Gasteiger partial charge in [0.15, 0.2) is 0 Å². The van der Waals surface area contributed by atoms with Gasteiger partial charge in [0.25, 0.3) is 0 Å². The Balaban J connectivity index is 2.16. The van der Waals surface area contributed by atoms with E-state index in [1.165, 1.54) is 0 Å². The minimum absolute atomic E-state index is 0.855. The normalized spacial score (nSPS) is 10.2. The van der Waals surface area contributed by atoms with Crippen LogP contribution in [0.4, 0.5) is 17.3 Å². The van der Waals surface area contributed by atoms with E-state index < -0.39 is 0 Å². The van der Waals surface area contributed by atoms with Gasteiger partial charge in [-0.3, -0.25) is 0 Å². The number of pyridine rings is 1. The predicted molar refractivity (Wildman–Crippen MR) is 84.1 cm³/mol. The second-order valence-electron chi connectivity index (χ2n) is 4.56. The fourth-order valence-electron chi connectivity index (χ4n) is 1.90. The molecular weight excluding hydrogens is 250 g/mol. The lowest BCUT2D eigenvalue weighted by molar-refractivity contribution is 0.415. The largest absolute Gasteiger partial charge is 0.497 e. The zero-order chi connectivity index (χ0) is 14.4. The molecule has 0 saturated carbocycles. The number of nitrogens with zero attached hydrogens (tertiary/aromatic N) is 2. The summed E-state index contributed by atoms with van der Waals surface area (Å²) < 4.78 is 5.17. The third-order valence-corrected chi connectivity index (χ3v) is 3.09. The first kappa shape index (κ1) is 14.2. The topological polar surface area (TPSA) is 37.4 Å². The molecule has 0 fully saturated rings. The first-order chi connectivity index (χ1) is 9.74. The molecule has 0 spiro atoms. The lowest BCUT2D eigenvalue weighted by atomic mass is 10.2. The number of hydrogen-bond acceptors (Lipinski definition) is 4. The Bertz CT molecular complexity index is 540. The number of aromatic nitrogens is 1. The summed E-state index contributed by atoms with van der Waals surface area (Å²) in [4.78, 5) is 6.66. The van der Waals surface area contributed by atoms with E-state index in [1.54, 1.807) is 7.11 Å². The smallest absolute Gasteiger partial charge is 0.135 e. The van der Waals surface area contributed by atoms with Gasteiger partial charge >= 0.3 is 0 Å². The van der Waals surface area contributed by atoms with Gasteiger partial charge < -0.3 is 15.0 Å². The summed E-state index contributed by atoms with van der Waals surface area (Å²) in [6, 6.07) is 13.9. The van der Waals surface area contributed by atoms with E-state index in [0.29, 0.717) is 0 Å². The summed E-state index contributed by atoms with van der Waals surface area (Å²) in [5.74, 6) is 2.68. The van der Waals surface area contributed by atoms with Crippen molar-refractivity contribution in [2.24, 2.45) is 0 Å². The summed E-state index contributed by atoms with van der Waals surface area (Å²) >= 11 is 0. The molecule has 0 saturated heterocycles. The van der Waals surface area contributed by atoms with Crippen LogP contribution in [0, 0.1) is 0 Å². The van der Waals surface area contributed by atoms with Crippen molar-refractivity contribution >= 4 is 17.3 Å². The molecule has 1 heterocycles. The van der Waals surface area contributed by atoms with Crippen LogP contribution in [0.15, 0.2) is 42.5 Å². The van der Waals surface area contributed by atoms with Crippen molar-refractivity contribution in [1.29, 1.82) is 0 Å². The van der Waals surface area contributed by atoms with Crippen molar-refractivity contribution in [1.82, 2.24) is 4.98 Å². The summed E-state index contributed by atoms with van der Waals surface area (Å²) in [6.45, 7) is 3.07. The number of rotatable bonds is 6. The van der Waals surface area contributed by atoms with Gasteiger partial charge in [-0.05, 0) is 42.8 Å². The highest BCUT2D eigenvalue weighted by Crippen LogP contribution is 2.24. The molecule has 0 aliphatic carbocycles. The first-order valence-corrected chi connectivity index (χ1v) is 6.83. The molecular formula is C16H21N3O. The molecule has 4 heteroatoms. The van der Waals surface area contributed by atoms with E-state index >= 15 is 0 Å². The van der Waals surface area contributed by atoms with Crippen LogP contribution in [0.25, 0.3) is 0 Å². The quantitative estimate of drug-likeness (QED) is 0.869. The van der Waals surface area contributed by atoms with Crippen LogP contribution < -0.4 is 15.0 Å². The zero-order valence-electron chi connectivity index (χ0n) is 12.3. The molecule has 0 radical (unpaired) electrons. The van der Waals surface area contributed by atoms with Crippen molar-refractivity contribution in [2.75, 3.05) is 30.9 Å². The number of benzene rings is 1. The molecule has 0 aliphatic heterocycles. The summed E-state index contributed by atoms with van der Waals surface area (Å²) in [6.07, 6.45) is 1.08. The van der Waals surface area contributed by atoms with Crippen LogP contribution in [-0.2, 0) is 0 Å². The molecule has 0 bridgehead atoms. The van der Waals surface area contributed by atoms with Gasteiger partial charge in [0.2, 0.25) is 0 Å². The van der Waals surface area contributed by atoms with Gasteiger partial charge in [0.1, 0.15) is 17.4 Å². The SMILES string of the molecule is CCCNc1cccc(N(C)c2ccc(OC)cc2)n1. The van der Waals surface area contributed by atoms with Crippen molar-refractivity contribution in [3.05, 3.63) is 42.5 Å². The molecule has 0 amide bonds. The fourth-order valence-corrected chi connectivity index (χ4v) is 1.90. The summed E-state index contributed by atoms with van der Waals surface area (Å²) in [5.41, 5.74) is 1.07. The number of methoxy groups -OCH3 is 1. The van der Waals surface area contributed by atoms with Crippen LogP contribution in [0.5, 0.6) is 5.75 Å². The maximum absolute atomic E-state index is 5.17. The van der Waals surface area contributed by atoms with Crippen LogP contribution in [-0.4, -0.2) is 25.7 Å². The molecule has 1 aromatic carbocycles. The zero-order valence-corrected chi connectivity index (χ0v) is 12.3. The highest BCUT2D eigenvalue weighted by Gasteiger charge is 2.06. The van der Waals surface area contributed by atoms with Gasteiger partial charge in [0, 0.05) is 19.3 Å². The van der Waals surface area contributed by atoms with Crippen molar-refractivity contribution < 1.29 is 4.74 Å². The van der Waals surface area contributed by atoms with Crippen LogP contribution in [0.3, 0.4) is 0 Å². The predicted octanol–water partition coefficient (Wildman–Crippen LogP) is 3.68. The Morgan fingerprint density at radius 2 is 1.90 bits per heavy atom. The van der Waals surface area contributed by atoms with Crippen molar-refractivity contribution in [3.63, 3.8) is 0 Å². The van der Waals surface area contributed by atoms with E-state index in [2.05, 4.69) is 22.1 Å². The molecule has 20 heavy (non-hydrogen) atoms. The fraction of sp³-hybridized carbons (Fsp3) is 0.312. The number of hydrogen-bond donors (Lipinski definition) is 1. The van der Waals surface area contributed by atoms with E-state index in [1.807, 2.05) is 49.5 Å². The minimum atomic E-state index is 0.855. The van der Waals surface area contributed by atoms with E-state index in [4.69, 9.17) is 4.74 Å². The Kier molecular flexibility index (Phi) is 4.82. The Morgan fingerprint density at radius 1 is 1.15 bits per heavy atom. The van der Waals surface area contributed by atoms with Gasteiger partial charge in [-0.2, -0.15) is 0 Å². The molecule has 106 valence electrons. The first-order valence-electron chi connectivity index (χ1n) is 6.83. The van der Waals surface area contributed by atoms with Gasteiger partial charge in [-0.15, -0.1) is 0 Å². The van der Waals surface area contributed by atoms with Crippen molar-refractivity contribution in [2.45, 2.75) is 13.3 Å². The molecule has 4 nitrogen and oxygen atoms in total. The second kappa shape index (κ2) is 6.80. The summed E-state index contributed by atoms with van der Waals surface area (Å²) in [7, 11) is 3.68. The minimum Gasteiger partial charge on any atom is -0.497 e. The molecule has 0 atom stereocenters. The van der Waals surface area contributed by atoms with Crippen LogP contribution >= 0.6 is 0 Å². The Hall–Kier alpha value is -2.23. The lowest BCUT2D eigenvalue weighted by Gasteiger charge is -2.19. The lowest BCUT2D eigenvalue weighted by Crippen LogP contribution is -2.12. The number of anilines is 3. The maximum Gasteiger partial charge on any atom is 0.135 e. The molecule has 1 N–H and O–H groups in total. The Morgan fingerprint density at radius 3 is 2.55 bits per heavy atom. The van der Waals surface area contributed by atoms with E-state index in [9.17, 15) is 0 Å². The van der Waals surface area contributed by atoms with Gasteiger partial charge in [0.05, 0.1) is 7.11 Å². The van der Waals surface area contributed by atoms with Crippen LogP contribution in [0.2, 0.25) is 0 Å². The highest BCUT2D eigenvalue weighted by molar-refractivity contribution is 5.61. The number of nitrogens with one attached hydrogen (secondary N) is 1. The maximum atomic E-state index is 5.17. The second-order valence-corrected chi connectivity index (χ2v) is 4.56. The van der Waals surface area contributed by atoms with Gasteiger partial charge in [-0.1, -0.05) is 13.0 Å². The number of ether oxygens (including phenoxy) is 1. The third-order valence-electron chi connectivity index (χ3n) is 3.09. The molecule has 0 aliphatic rings. The average molecular weight is 271 g/mol. The molecule has 2 rings (SSSR count). The standard InChI is InChI=1S/C16H21N3O/c1-4-12-17-15-6-5-7-16(18-15)19(2)13-8-10-14(20-3)11-9-13/h5-11H,4,12H2,1-3H3,(H,17,18). The van der Waals surface area contributed by atoms with Crippen molar-refractivity contribution in [3.8, 4) is 5.75 Å². The van der Waals surface area contributed by atoms with E-state index in [-0.39, 0.29) is 0 Å². The molecule has 0 unspecified atom stereocenters. The van der Waals surface area contributed by atoms with E-state index in [0.717, 1.165) is 36.0 Å². The Labute approximate surface area is 120 Å². The van der Waals surface area contributed by atoms with Crippen LogP contribution in [0.1, 0.15) is 13.3 Å². The molecule has 1 aromatic heterocycles. The monoisotopic (exact) mass is 271 g/mol. The molecule has 2 aromatic rings.